The number of fused-ring (bicyclic) bond motifs is 1. The Kier molecular flexibility index (Phi) is 7.42. The van der Waals surface area contributed by atoms with Gasteiger partial charge in [0.2, 0.25) is 0 Å². The molecule has 0 spiro atoms. The Labute approximate surface area is 222 Å². The van der Waals surface area contributed by atoms with Crippen molar-refractivity contribution >= 4 is 32.7 Å². The monoisotopic (exact) mass is 543 g/mol. The Morgan fingerprint density at radius 1 is 0.944 bits per heavy atom. The van der Waals surface area contributed by atoms with Gasteiger partial charge in [0.05, 0.1) is 5.52 Å². The third-order valence-electron chi connectivity index (χ3n) is 7.20. The average molecular weight is 545 g/mol. The van der Waals surface area contributed by atoms with Crippen LogP contribution in [-0.4, -0.2) is 48.7 Å². The Hall–Kier alpha value is -2.73. The van der Waals surface area contributed by atoms with Gasteiger partial charge in [-0.2, -0.15) is 0 Å². The fourth-order valence-electron chi connectivity index (χ4n) is 5.28. The molecular formula is C31H34BrN3O. The highest BCUT2D eigenvalue weighted by atomic mass is 79.9. The molecule has 0 saturated carbocycles. The molecule has 1 aromatic heterocycles. The van der Waals surface area contributed by atoms with E-state index in [-0.39, 0.29) is 0 Å². The minimum atomic E-state index is -1.16. The number of aromatic nitrogens is 1. The summed E-state index contributed by atoms with van der Waals surface area (Å²) in [5, 5.41) is 13.4. The summed E-state index contributed by atoms with van der Waals surface area (Å²) in [5.74, 6) is 1.05. The first-order valence-electron chi connectivity index (χ1n) is 12.8. The molecule has 0 aliphatic carbocycles. The van der Waals surface area contributed by atoms with E-state index in [0.29, 0.717) is 6.42 Å². The first kappa shape index (κ1) is 24.9. The lowest BCUT2D eigenvalue weighted by Crippen LogP contribution is -2.32. The van der Waals surface area contributed by atoms with Gasteiger partial charge in [-0.15, -0.1) is 0 Å². The summed E-state index contributed by atoms with van der Waals surface area (Å²) in [7, 11) is 4.09. The van der Waals surface area contributed by atoms with E-state index in [1.807, 2.05) is 44.4 Å². The molecule has 5 heteroatoms. The van der Waals surface area contributed by atoms with E-state index in [9.17, 15) is 5.11 Å². The Morgan fingerprint density at radius 2 is 1.61 bits per heavy atom. The topological polar surface area (TPSA) is 39.6 Å². The molecule has 4 nitrogen and oxygen atoms in total. The van der Waals surface area contributed by atoms with Gasteiger partial charge < -0.3 is 14.9 Å². The Bertz CT molecular complexity index is 1320. The third kappa shape index (κ3) is 5.19. The van der Waals surface area contributed by atoms with Gasteiger partial charge >= 0.3 is 0 Å². The first-order chi connectivity index (χ1) is 17.4. The molecule has 0 radical (unpaired) electrons. The van der Waals surface area contributed by atoms with Crippen LogP contribution in [0.3, 0.4) is 0 Å². The van der Waals surface area contributed by atoms with Crippen LogP contribution >= 0.6 is 15.9 Å². The molecule has 1 fully saturated rings. The molecule has 5 rings (SSSR count). The summed E-state index contributed by atoms with van der Waals surface area (Å²) < 4.78 is 0.950. The predicted molar refractivity (Wildman–Crippen MR) is 153 cm³/mol. The average Bonchev–Trinajstić information content (AvgIpc) is 3.42. The van der Waals surface area contributed by atoms with E-state index in [0.717, 1.165) is 58.4 Å². The summed E-state index contributed by atoms with van der Waals surface area (Å²) in [5.41, 5.74) is 3.97. The highest BCUT2D eigenvalue weighted by molar-refractivity contribution is 9.10. The van der Waals surface area contributed by atoms with Crippen molar-refractivity contribution in [1.82, 2.24) is 9.88 Å². The first-order valence-corrected chi connectivity index (χ1v) is 13.6. The van der Waals surface area contributed by atoms with E-state index in [2.05, 4.69) is 74.3 Å². The van der Waals surface area contributed by atoms with Crippen molar-refractivity contribution in [2.75, 3.05) is 38.6 Å². The van der Waals surface area contributed by atoms with Crippen LogP contribution < -0.4 is 4.90 Å². The van der Waals surface area contributed by atoms with Crippen LogP contribution in [0.25, 0.3) is 10.9 Å². The molecule has 4 aromatic rings. The van der Waals surface area contributed by atoms with Crippen LogP contribution in [0, 0.1) is 0 Å². The molecule has 0 bridgehead atoms. The minimum Gasteiger partial charge on any atom is -0.380 e. The van der Waals surface area contributed by atoms with Crippen molar-refractivity contribution in [1.29, 1.82) is 0 Å². The summed E-state index contributed by atoms with van der Waals surface area (Å²) in [6, 6.07) is 27.1. The second kappa shape index (κ2) is 10.7. The molecule has 0 amide bonds. The van der Waals surface area contributed by atoms with E-state index >= 15 is 0 Å². The zero-order valence-electron chi connectivity index (χ0n) is 21.1. The van der Waals surface area contributed by atoms with Gasteiger partial charge in [0.25, 0.3) is 0 Å². The molecule has 186 valence electrons. The molecule has 1 aliphatic rings. The molecule has 3 aromatic carbocycles. The SMILES string of the molecule is CN(C)CCC(O)(c1ccccc1)c1cc(Br)cc2cc(Cc3ccccc3)c(N3CCCC3)nc12. The van der Waals surface area contributed by atoms with Gasteiger partial charge in [-0.25, -0.2) is 4.98 Å². The van der Waals surface area contributed by atoms with Gasteiger partial charge in [-0.05, 0) is 68.2 Å². The van der Waals surface area contributed by atoms with Crippen molar-refractivity contribution in [3.8, 4) is 0 Å². The van der Waals surface area contributed by atoms with Gasteiger partial charge in [0, 0.05) is 41.5 Å². The summed E-state index contributed by atoms with van der Waals surface area (Å²) in [6.07, 6.45) is 3.78. The quantitative estimate of drug-likeness (QED) is 0.280. The molecule has 1 unspecified atom stereocenters. The lowest BCUT2D eigenvalue weighted by Gasteiger charge is -2.32. The minimum absolute atomic E-state index is 0.571. The Morgan fingerprint density at radius 3 is 2.28 bits per heavy atom. The van der Waals surface area contributed by atoms with E-state index in [1.165, 1.54) is 24.0 Å². The van der Waals surface area contributed by atoms with Crippen LogP contribution in [0.15, 0.2) is 83.3 Å². The Balaban J connectivity index is 1.71. The number of pyridine rings is 1. The van der Waals surface area contributed by atoms with Gasteiger partial charge in [0.1, 0.15) is 11.4 Å². The van der Waals surface area contributed by atoms with Crippen molar-refractivity contribution in [3.63, 3.8) is 0 Å². The zero-order valence-corrected chi connectivity index (χ0v) is 22.7. The second-order valence-corrected chi connectivity index (χ2v) is 11.0. The fraction of sp³-hybridized carbons (Fsp3) is 0.323. The molecular weight excluding hydrogens is 510 g/mol. The van der Waals surface area contributed by atoms with Crippen LogP contribution in [0.4, 0.5) is 5.82 Å². The number of rotatable bonds is 8. The van der Waals surface area contributed by atoms with Crippen molar-refractivity contribution < 1.29 is 5.11 Å². The lowest BCUT2D eigenvalue weighted by atomic mass is 9.82. The van der Waals surface area contributed by atoms with E-state index < -0.39 is 5.60 Å². The number of benzene rings is 3. The van der Waals surface area contributed by atoms with E-state index in [1.54, 1.807) is 0 Å². The van der Waals surface area contributed by atoms with Crippen molar-refractivity contribution in [2.45, 2.75) is 31.3 Å². The fourth-order valence-corrected chi connectivity index (χ4v) is 5.76. The highest BCUT2D eigenvalue weighted by Crippen LogP contribution is 2.40. The summed E-state index contributed by atoms with van der Waals surface area (Å²) in [6.45, 7) is 2.80. The largest absolute Gasteiger partial charge is 0.380 e. The van der Waals surface area contributed by atoms with Gasteiger partial charge in [-0.3, -0.25) is 0 Å². The molecule has 2 heterocycles. The summed E-state index contributed by atoms with van der Waals surface area (Å²) in [4.78, 5) is 9.89. The molecule has 1 aliphatic heterocycles. The van der Waals surface area contributed by atoms with Crippen molar-refractivity contribution in [3.05, 3.63) is 106 Å². The van der Waals surface area contributed by atoms with Crippen LogP contribution in [0.2, 0.25) is 0 Å². The number of anilines is 1. The number of hydrogen-bond donors (Lipinski definition) is 1. The van der Waals surface area contributed by atoms with Gasteiger partial charge in [-0.1, -0.05) is 76.6 Å². The number of nitrogens with zero attached hydrogens (tertiary/aromatic N) is 3. The van der Waals surface area contributed by atoms with Crippen molar-refractivity contribution in [2.24, 2.45) is 0 Å². The van der Waals surface area contributed by atoms with Crippen LogP contribution in [0.5, 0.6) is 0 Å². The molecule has 1 saturated heterocycles. The standard InChI is InChI=1S/C31H34BrN3O/c1-34(2)18-15-31(36,26-13-7-4-8-14-26)28-22-27(32)21-24-20-25(19-23-11-5-3-6-12-23)30(33-29(24)28)35-16-9-10-17-35/h3-8,11-14,20-22,36H,9-10,15-19H2,1-2H3. The molecule has 1 atom stereocenters. The maximum Gasteiger partial charge on any atom is 0.132 e. The maximum absolute atomic E-state index is 12.4. The van der Waals surface area contributed by atoms with Gasteiger partial charge in [0.15, 0.2) is 0 Å². The number of aliphatic hydroxyl groups is 1. The summed E-state index contributed by atoms with van der Waals surface area (Å²) >= 11 is 3.74. The predicted octanol–water partition coefficient (Wildman–Crippen LogP) is 6.38. The van der Waals surface area contributed by atoms with Crippen LogP contribution in [-0.2, 0) is 12.0 Å². The zero-order chi connectivity index (χ0) is 25.1. The smallest absolute Gasteiger partial charge is 0.132 e. The second-order valence-electron chi connectivity index (χ2n) is 10.1. The number of halogens is 1. The maximum atomic E-state index is 12.4. The highest BCUT2D eigenvalue weighted by Gasteiger charge is 2.34. The molecule has 1 N–H and O–H groups in total. The normalized spacial score (nSPS) is 15.5. The number of hydrogen-bond acceptors (Lipinski definition) is 4. The molecule has 36 heavy (non-hydrogen) atoms. The lowest BCUT2D eigenvalue weighted by molar-refractivity contribution is 0.0641. The van der Waals surface area contributed by atoms with Crippen LogP contribution in [0.1, 0.15) is 41.5 Å². The third-order valence-corrected chi connectivity index (χ3v) is 7.66. The van der Waals surface area contributed by atoms with E-state index in [4.69, 9.17) is 4.98 Å².